The molecule has 0 aliphatic heterocycles. The van der Waals surface area contributed by atoms with Crippen molar-refractivity contribution in [3.8, 4) is 0 Å². The fourth-order valence-electron chi connectivity index (χ4n) is 2.20. The average Bonchev–Trinajstić information content (AvgIpc) is 2.60. The van der Waals surface area contributed by atoms with Gasteiger partial charge in [0.15, 0.2) is 0 Å². The smallest absolute Gasteiger partial charge is 0.251 e. The van der Waals surface area contributed by atoms with Crippen LogP contribution in [0.5, 0.6) is 0 Å². The molecule has 2 aromatic rings. The standard InChI is InChI=1S/C20H24N2O2/c1-4-15(3)22-20(24)18-7-5-6-17(12-18)19(23)21-13-16-10-8-14(2)9-11-16/h5-12,15H,4,13H2,1-3H3,(H,21,23)(H,22,24). The van der Waals surface area contributed by atoms with Crippen LogP contribution in [-0.4, -0.2) is 17.9 Å². The molecular formula is C20H24N2O2. The third kappa shape index (κ3) is 4.95. The second-order valence-electron chi connectivity index (χ2n) is 6.03. The number of nitrogens with one attached hydrogen (secondary N) is 2. The van der Waals surface area contributed by atoms with Gasteiger partial charge in [-0.05, 0) is 44.0 Å². The second kappa shape index (κ2) is 8.29. The highest BCUT2D eigenvalue weighted by molar-refractivity contribution is 5.99. The second-order valence-corrected chi connectivity index (χ2v) is 6.03. The Morgan fingerprint density at radius 2 is 1.62 bits per heavy atom. The Kier molecular flexibility index (Phi) is 6.13. The van der Waals surface area contributed by atoms with Gasteiger partial charge >= 0.3 is 0 Å². The van der Waals surface area contributed by atoms with Crippen LogP contribution in [0.1, 0.15) is 52.1 Å². The van der Waals surface area contributed by atoms with Crippen molar-refractivity contribution in [2.24, 2.45) is 0 Å². The Morgan fingerprint density at radius 1 is 1.00 bits per heavy atom. The highest BCUT2D eigenvalue weighted by Crippen LogP contribution is 2.08. The van der Waals surface area contributed by atoms with Gasteiger partial charge in [0.25, 0.3) is 11.8 Å². The molecule has 0 aliphatic carbocycles. The van der Waals surface area contributed by atoms with E-state index < -0.39 is 0 Å². The topological polar surface area (TPSA) is 58.2 Å². The summed E-state index contributed by atoms with van der Waals surface area (Å²) in [7, 11) is 0. The zero-order valence-corrected chi connectivity index (χ0v) is 14.4. The first-order chi connectivity index (χ1) is 11.5. The summed E-state index contributed by atoms with van der Waals surface area (Å²) in [5, 5.41) is 5.79. The Hall–Kier alpha value is -2.62. The van der Waals surface area contributed by atoms with E-state index in [2.05, 4.69) is 10.6 Å². The van der Waals surface area contributed by atoms with Crippen LogP contribution in [0, 0.1) is 6.92 Å². The summed E-state index contributed by atoms with van der Waals surface area (Å²) in [6.07, 6.45) is 0.864. The van der Waals surface area contributed by atoms with Gasteiger partial charge in [0.05, 0.1) is 0 Å². The maximum atomic E-state index is 12.3. The molecule has 4 nitrogen and oxygen atoms in total. The summed E-state index contributed by atoms with van der Waals surface area (Å²) >= 11 is 0. The van der Waals surface area contributed by atoms with E-state index >= 15 is 0 Å². The van der Waals surface area contributed by atoms with Gasteiger partial charge in [-0.1, -0.05) is 42.8 Å². The van der Waals surface area contributed by atoms with Crippen molar-refractivity contribution in [2.75, 3.05) is 0 Å². The van der Waals surface area contributed by atoms with Crippen LogP contribution in [0.2, 0.25) is 0 Å². The van der Waals surface area contributed by atoms with Crippen LogP contribution in [-0.2, 0) is 6.54 Å². The Morgan fingerprint density at radius 3 is 2.25 bits per heavy atom. The van der Waals surface area contributed by atoms with E-state index in [1.54, 1.807) is 24.3 Å². The molecule has 2 rings (SSSR count). The van der Waals surface area contributed by atoms with Crippen molar-refractivity contribution in [2.45, 2.75) is 39.8 Å². The molecule has 0 bridgehead atoms. The first-order valence-corrected chi connectivity index (χ1v) is 8.24. The van der Waals surface area contributed by atoms with Gasteiger partial charge in [-0.25, -0.2) is 0 Å². The number of amides is 2. The van der Waals surface area contributed by atoms with Gasteiger partial charge in [-0.2, -0.15) is 0 Å². The molecule has 0 radical (unpaired) electrons. The molecule has 1 atom stereocenters. The number of carbonyl (C=O) groups excluding carboxylic acids is 2. The third-order valence-electron chi connectivity index (χ3n) is 3.95. The van der Waals surface area contributed by atoms with Gasteiger partial charge in [0.1, 0.15) is 0 Å². The monoisotopic (exact) mass is 324 g/mol. The van der Waals surface area contributed by atoms with Gasteiger partial charge in [0, 0.05) is 23.7 Å². The SMILES string of the molecule is CCC(C)NC(=O)c1cccc(C(=O)NCc2ccc(C)cc2)c1. The zero-order chi connectivity index (χ0) is 17.5. The normalized spacial score (nSPS) is 11.6. The quantitative estimate of drug-likeness (QED) is 0.855. The Bertz CT molecular complexity index is 708. The largest absolute Gasteiger partial charge is 0.350 e. The summed E-state index contributed by atoms with van der Waals surface area (Å²) in [5.41, 5.74) is 3.21. The molecule has 0 aliphatic rings. The van der Waals surface area contributed by atoms with Crippen molar-refractivity contribution < 1.29 is 9.59 Å². The van der Waals surface area contributed by atoms with Crippen LogP contribution in [0.3, 0.4) is 0 Å². The van der Waals surface area contributed by atoms with Crippen molar-refractivity contribution in [3.05, 3.63) is 70.8 Å². The van der Waals surface area contributed by atoms with Crippen LogP contribution in [0.4, 0.5) is 0 Å². The molecule has 4 heteroatoms. The van der Waals surface area contributed by atoms with Gasteiger partial charge in [-0.15, -0.1) is 0 Å². The van der Waals surface area contributed by atoms with Crippen LogP contribution < -0.4 is 10.6 Å². The highest BCUT2D eigenvalue weighted by atomic mass is 16.2. The van der Waals surface area contributed by atoms with Gasteiger partial charge in [0.2, 0.25) is 0 Å². The first kappa shape index (κ1) is 17.7. The molecular weight excluding hydrogens is 300 g/mol. The van der Waals surface area contributed by atoms with Crippen LogP contribution in [0.25, 0.3) is 0 Å². The Balaban J connectivity index is 2.00. The molecule has 24 heavy (non-hydrogen) atoms. The fourth-order valence-corrected chi connectivity index (χ4v) is 2.20. The van der Waals surface area contributed by atoms with E-state index in [1.807, 2.05) is 45.0 Å². The summed E-state index contributed by atoms with van der Waals surface area (Å²) in [6.45, 7) is 6.45. The fraction of sp³-hybridized carbons (Fsp3) is 0.300. The maximum absolute atomic E-state index is 12.3. The molecule has 2 aromatic carbocycles. The molecule has 1 unspecified atom stereocenters. The third-order valence-corrected chi connectivity index (χ3v) is 3.95. The zero-order valence-electron chi connectivity index (χ0n) is 14.4. The van der Waals surface area contributed by atoms with Gasteiger partial charge < -0.3 is 10.6 Å². The molecule has 0 spiro atoms. The molecule has 0 saturated heterocycles. The summed E-state index contributed by atoms with van der Waals surface area (Å²) in [5.74, 6) is -0.341. The number of rotatable bonds is 6. The van der Waals surface area contributed by atoms with E-state index in [0.29, 0.717) is 17.7 Å². The molecule has 0 fully saturated rings. The molecule has 0 saturated carbocycles. The van der Waals surface area contributed by atoms with Crippen molar-refractivity contribution in [3.63, 3.8) is 0 Å². The lowest BCUT2D eigenvalue weighted by molar-refractivity contribution is 0.0939. The molecule has 2 N–H and O–H groups in total. The predicted molar refractivity (Wildman–Crippen MR) is 96.0 cm³/mol. The number of benzene rings is 2. The van der Waals surface area contributed by atoms with E-state index in [1.165, 1.54) is 5.56 Å². The summed E-state index contributed by atoms with van der Waals surface area (Å²) in [4.78, 5) is 24.5. The molecule has 0 aromatic heterocycles. The number of hydrogen-bond acceptors (Lipinski definition) is 2. The molecule has 2 amide bonds. The lowest BCUT2D eigenvalue weighted by Crippen LogP contribution is -2.32. The summed E-state index contributed by atoms with van der Waals surface area (Å²) < 4.78 is 0. The van der Waals surface area contributed by atoms with Crippen LogP contribution in [0.15, 0.2) is 48.5 Å². The van der Waals surface area contributed by atoms with E-state index in [0.717, 1.165) is 12.0 Å². The van der Waals surface area contributed by atoms with E-state index in [-0.39, 0.29) is 17.9 Å². The lowest BCUT2D eigenvalue weighted by atomic mass is 10.1. The number of hydrogen-bond donors (Lipinski definition) is 2. The van der Waals surface area contributed by atoms with E-state index in [4.69, 9.17) is 0 Å². The van der Waals surface area contributed by atoms with Gasteiger partial charge in [-0.3, -0.25) is 9.59 Å². The number of aryl methyl sites for hydroxylation is 1. The van der Waals surface area contributed by atoms with Crippen molar-refractivity contribution in [1.29, 1.82) is 0 Å². The van der Waals surface area contributed by atoms with Crippen molar-refractivity contribution in [1.82, 2.24) is 10.6 Å². The minimum Gasteiger partial charge on any atom is -0.350 e. The Labute approximate surface area is 143 Å². The molecule has 0 heterocycles. The highest BCUT2D eigenvalue weighted by Gasteiger charge is 2.11. The minimum absolute atomic E-state index is 0.108. The lowest BCUT2D eigenvalue weighted by Gasteiger charge is -2.12. The summed E-state index contributed by atoms with van der Waals surface area (Å²) in [6, 6.07) is 14.9. The molecule has 126 valence electrons. The average molecular weight is 324 g/mol. The van der Waals surface area contributed by atoms with E-state index in [9.17, 15) is 9.59 Å². The van der Waals surface area contributed by atoms with Crippen molar-refractivity contribution >= 4 is 11.8 Å². The maximum Gasteiger partial charge on any atom is 0.251 e. The minimum atomic E-state index is -0.186. The first-order valence-electron chi connectivity index (χ1n) is 8.24. The van der Waals surface area contributed by atoms with Crippen LogP contribution >= 0.6 is 0 Å². The number of carbonyl (C=O) groups is 2. The predicted octanol–water partition coefficient (Wildman–Crippen LogP) is 3.45.